The van der Waals surface area contributed by atoms with E-state index in [1.54, 1.807) is 0 Å². The van der Waals surface area contributed by atoms with Crippen LogP contribution in [0.5, 0.6) is 0 Å². The lowest BCUT2D eigenvalue weighted by Crippen LogP contribution is -2.30. The Balaban J connectivity index is 0.00000121. The van der Waals surface area contributed by atoms with E-state index < -0.39 is 0 Å². The van der Waals surface area contributed by atoms with Gasteiger partial charge in [-0.15, -0.1) is 12.4 Å². The number of nitrogens with two attached hydrogens (primary N) is 1. The number of hydrogen-bond acceptors (Lipinski definition) is 2. The van der Waals surface area contributed by atoms with Crippen molar-refractivity contribution < 1.29 is 4.79 Å². The van der Waals surface area contributed by atoms with Gasteiger partial charge < -0.3 is 11.1 Å². The van der Waals surface area contributed by atoms with Crippen LogP contribution in [-0.2, 0) is 4.79 Å². The highest BCUT2D eigenvalue weighted by Gasteiger charge is 2.26. The molecule has 0 bridgehead atoms. The summed E-state index contributed by atoms with van der Waals surface area (Å²) in [5, 5.41) is 2.81. The van der Waals surface area contributed by atoms with Crippen molar-refractivity contribution in [3.05, 3.63) is 0 Å². The minimum absolute atomic E-state index is 0. The highest BCUT2D eigenvalue weighted by Crippen LogP contribution is 2.23. The van der Waals surface area contributed by atoms with E-state index in [4.69, 9.17) is 5.73 Å². The maximum atomic E-state index is 11.2. The van der Waals surface area contributed by atoms with Gasteiger partial charge in [0.05, 0.1) is 0 Å². The second-order valence-corrected chi connectivity index (χ2v) is 3.16. The molecule has 0 aromatic rings. The molecule has 0 aromatic carbocycles. The summed E-state index contributed by atoms with van der Waals surface area (Å²) < 4.78 is 0. The Hall–Kier alpha value is -0.280. The molecule has 1 fully saturated rings. The van der Waals surface area contributed by atoms with Gasteiger partial charge in [-0.3, -0.25) is 4.79 Å². The number of hydrogen-bond donors (Lipinski definition) is 2. The molecular formula is C8H17ClN2O. The van der Waals surface area contributed by atoms with Gasteiger partial charge in [-0.1, -0.05) is 0 Å². The molecule has 12 heavy (non-hydrogen) atoms. The van der Waals surface area contributed by atoms with Crippen molar-refractivity contribution >= 4 is 18.3 Å². The van der Waals surface area contributed by atoms with Crippen LogP contribution in [-0.4, -0.2) is 18.5 Å². The van der Waals surface area contributed by atoms with Crippen molar-refractivity contribution in [3.8, 4) is 0 Å². The van der Waals surface area contributed by atoms with Crippen molar-refractivity contribution in [3.63, 3.8) is 0 Å². The predicted octanol–water partition coefficient (Wildman–Crippen LogP) is 0.672. The van der Waals surface area contributed by atoms with E-state index in [9.17, 15) is 4.79 Å². The van der Waals surface area contributed by atoms with Gasteiger partial charge in [0, 0.05) is 18.5 Å². The van der Waals surface area contributed by atoms with Gasteiger partial charge in [0.1, 0.15) is 0 Å². The van der Waals surface area contributed by atoms with Crippen molar-refractivity contribution in [1.82, 2.24) is 5.32 Å². The average molecular weight is 193 g/mol. The fourth-order valence-electron chi connectivity index (χ4n) is 1.57. The number of carbonyl (C=O) groups excluding carboxylic acids is 1. The lowest BCUT2D eigenvalue weighted by atomic mass is 10.1. The summed E-state index contributed by atoms with van der Waals surface area (Å²) in [7, 11) is 0. The van der Waals surface area contributed by atoms with Crippen molar-refractivity contribution in [2.75, 3.05) is 6.54 Å². The quantitative estimate of drug-likeness (QED) is 0.676. The molecule has 0 heterocycles. The van der Waals surface area contributed by atoms with Gasteiger partial charge in [0.15, 0.2) is 0 Å². The van der Waals surface area contributed by atoms with Crippen LogP contribution < -0.4 is 11.1 Å². The second kappa shape index (κ2) is 5.38. The van der Waals surface area contributed by atoms with Gasteiger partial charge in [-0.25, -0.2) is 0 Å². The number of carbonyl (C=O) groups is 1. The van der Waals surface area contributed by atoms with Crippen LogP contribution in [0.3, 0.4) is 0 Å². The lowest BCUT2D eigenvalue weighted by molar-refractivity contribution is -0.124. The van der Waals surface area contributed by atoms with Crippen LogP contribution in [0.25, 0.3) is 0 Å². The molecule has 0 saturated heterocycles. The molecule has 1 aliphatic rings. The Labute approximate surface area is 79.5 Å². The molecule has 1 rings (SSSR count). The first-order valence-electron chi connectivity index (χ1n) is 4.27. The summed E-state index contributed by atoms with van der Waals surface area (Å²) in [5.74, 6) is 0.366. The highest BCUT2D eigenvalue weighted by atomic mass is 35.5. The topological polar surface area (TPSA) is 55.1 Å². The molecule has 72 valence electrons. The summed E-state index contributed by atoms with van der Waals surface area (Å²) in [6, 6.07) is 0.252. The first kappa shape index (κ1) is 11.7. The fourth-order valence-corrected chi connectivity index (χ4v) is 1.57. The summed E-state index contributed by atoms with van der Waals surface area (Å²) in [6.07, 6.45) is 2.83. The van der Waals surface area contributed by atoms with Crippen molar-refractivity contribution in [1.29, 1.82) is 0 Å². The first-order chi connectivity index (χ1) is 5.24. The molecule has 1 saturated carbocycles. The van der Waals surface area contributed by atoms with Crippen molar-refractivity contribution in [2.24, 2.45) is 11.7 Å². The third kappa shape index (κ3) is 2.99. The van der Waals surface area contributed by atoms with Crippen LogP contribution >= 0.6 is 12.4 Å². The maximum Gasteiger partial charge on any atom is 0.223 e. The summed E-state index contributed by atoms with van der Waals surface area (Å²) in [6.45, 7) is 2.66. The molecule has 1 aliphatic carbocycles. The molecule has 0 aliphatic heterocycles. The zero-order valence-electron chi connectivity index (χ0n) is 7.38. The van der Waals surface area contributed by atoms with E-state index in [0.29, 0.717) is 0 Å². The van der Waals surface area contributed by atoms with E-state index in [2.05, 4.69) is 5.32 Å². The largest absolute Gasteiger partial charge is 0.356 e. The minimum atomic E-state index is 0. The highest BCUT2D eigenvalue weighted by molar-refractivity contribution is 5.85. The van der Waals surface area contributed by atoms with Gasteiger partial charge in [-0.05, 0) is 26.2 Å². The van der Waals surface area contributed by atoms with E-state index in [1.807, 2.05) is 6.92 Å². The number of rotatable bonds is 2. The van der Waals surface area contributed by atoms with Gasteiger partial charge in [0.25, 0.3) is 0 Å². The van der Waals surface area contributed by atoms with Crippen LogP contribution in [0.15, 0.2) is 0 Å². The Morgan fingerprint density at radius 2 is 2.25 bits per heavy atom. The summed E-state index contributed by atoms with van der Waals surface area (Å²) >= 11 is 0. The molecule has 2 unspecified atom stereocenters. The number of amides is 1. The SMILES string of the molecule is CCNC(=O)C1CCC(N)C1.Cl. The van der Waals surface area contributed by atoms with Gasteiger partial charge >= 0.3 is 0 Å². The summed E-state index contributed by atoms with van der Waals surface area (Å²) in [4.78, 5) is 11.2. The predicted molar refractivity (Wildman–Crippen MR) is 51.2 cm³/mol. The lowest BCUT2D eigenvalue weighted by Gasteiger charge is -2.08. The molecule has 3 N–H and O–H groups in total. The monoisotopic (exact) mass is 192 g/mol. The molecule has 0 radical (unpaired) electrons. The molecule has 0 spiro atoms. The van der Waals surface area contributed by atoms with Crippen molar-refractivity contribution in [2.45, 2.75) is 32.2 Å². The zero-order chi connectivity index (χ0) is 8.27. The molecule has 2 atom stereocenters. The Morgan fingerprint density at radius 1 is 1.58 bits per heavy atom. The third-order valence-corrected chi connectivity index (χ3v) is 2.19. The third-order valence-electron chi connectivity index (χ3n) is 2.19. The maximum absolute atomic E-state index is 11.2. The van der Waals surface area contributed by atoms with Crippen LogP contribution in [0, 0.1) is 5.92 Å². The summed E-state index contributed by atoms with van der Waals surface area (Å²) in [5.41, 5.74) is 5.68. The van der Waals surface area contributed by atoms with Gasteiger partial charge in [-0.2, -0.15) is 0 Å². The molecular weight excluding hydrogens is 176 g/mol. The van der Waals surface area contributed by atoms with Gasteiger partial charge in [0.2, 0.25) is 5.91 Å². The second-order valence-electron chi connectivity index (χ2n) is 3.16. The zero-order valence-corrected chi connectivity index (χ0v) is 8.19. The average Bonchev–Trinajstić information content (AvgIpc) is 2.36. The fraction of sp³-hybridized carbons (Fsp3) is 0.875. The van der Waals surface area contributed by atoms with Crippen LogP contribution in [0.4, 0.5) is 0 Å². The normalized spacial score (nSPS) is 27.8. The smallest absolute Gasteiger partial charge is 0.223 e. The molecule has 1 amide bonds. The molecule has 3 nitrogen and oxygen atoms in total. The van der Waals surface area contributed by atoms with E-state index in [-0.39, 0.29) is 30.3 Å². The first-order valence-corrected chi connectivity index (χ1v) is 4.27. The minimum Gasteiger partial charge on any atom is -0.356 e. The molecule has 4 heteroatoms. The van der Waals surface area contributed by atoms with E-state index in [0.717, 1.165) is 25.8 Å². The number of halogens is 1. The van der Waals surface area contributed by atoms with E-state index >= 15 is 0 Å². The molecule has 0 aromatic heterocycles. The Morgan fingerprint density at radius 3 is 2.67 bits per heavy atom. The Bertz CT molecular complexity index is 152. The van der Waals surface area contributed by atoms with Crippen LogP contribution in [0.2, 0.25) is 0 Å². The van der Waals surface area contributed by atoms with Crippen LogP contribution in [0.1, 0.15) is 26.2 Å². The number of nitrogens with one attached hydrogen (secondary N) is 1. The Kier molecular flexibility index (Phi) is 5.25. The standard InChI is InChI=1S/C8H16N2O.ClH/c1-2-10-8(11)6-3-4-7(9)5-6;/h6-7H,2-5,9H2,1H3,(H,10,11);1H. The van der Waals surface area contributed by atoms with E-state index in [1.165, 1.54) is 0 Å².